The number of unbranched alkanes of at least 4 members (excludes halogenated alkanes) is 1. The van der Waals surface area contributed by atoms with Gasteiger partial charge in [0.25, 0.3) is 0 Å². The molecule has 1 aliphatic rings. The van der Waals surface area contributed by atoms with Crippen LogP contribution in [0, 0.1) is 0 Å². The summed E-state index contributed by atoms with van der Waals surface area (Å²) in [5.41, 5.74) is 0. The third-order valence-corrected chi connectivity index (χ3v) is 4.11. The summed E-state index contributed by atoms with van der Waals surface area (Å²) in [6.07, 6.45) is 2.46. The molecule has 1 atom stereocenters. The molecular weight excluding hydrogens is 298 g/mol. The molecule has 2 N–H and O–H groups in total. The van der Waals surface area contributed by atoms with Crippen LogP contribution in [-0.2, 0) is 9.59 Å². The third kappa shape index (κ3) is 6.33. The lowest BCUT2D eigenvalue weighted by atomic mass is 10.2. The first kappa shape index (κ1) is 19.5. The molecule has 1 unspecified atom stereocenters. The van der Waals surface area contributed by atoms with E-state index in [9.17, 15) is 9.59 Å². The zero-order valence-corrected chi connectivity index (χ0v) is 13.9. The van der Waals surface area contributed by atoms with E-state index in [1.165, 1.54) is 0 Å². The highest BCUT2D eigenvalue weighted by molar-refractivity contribution is 7.99. The molecule has 0 aromatic heterocycles. The van der Waals surface area contributed by atoms with Gasteiger partial charge in [0, 0.05) is 25.3 Å². The number of hydrogen-bond donors (Lipinski definition) is 2. The number of nitrogens with zero attached hydrogens (tertiary/aromatic N) is 1. The first-order valence-corrected chi connectivity index (χ1v) is 8.21. The Kier molecular flexibility index (Phi) is 11.0. The maximum Gasteiger partial charge on any atom is 0.243 e. The molecule has 5 nitrogen and oxygen atoms in total. The fourth-order valence-electron chi connectivity index (χ4n) is 1.95. The number of nitrogens with one attached hydrogen (secondary N) is 2. The average molecular weight is 324 g/mol. The molecule has 20 heavy (non-hydrogen) atoms. The second-order valence-electron chi connectivity index (χ2n) is 4.63. The second kappa shape index (κ2) is 11.2. The van der Waals surface area contributed by atoms with Crippen molar-refractivity contribution in [2.75, 3.05) is 31.3 Å². The number of carbonyl (C=O) groups is 2. The molecule has 2 amide bonds. The van der Waals surface area contributed by atoms with Crippen molar-refractivity contribution in [3.05, 3.63) is 0 Å². The molecule has 1 fully saturated rings. The highest BCUT2D eigenvalue weighted by Crippen LogP contribution is 2.22. The molecule has 7 heteroatoms. The Labute approximate surface area is 132 Å². The number of likely N-dealkylation sites (N-methyl/N-ethyl adjacent to an activating group) is 1. The lowest BCUT2D eigenvalue weighted by Gasteiger charge is -2.23. The van der Waals surface area contributed by atoms with Crippen molar-refractivity contribution in [1.82, 2.24) is 15.5 Å². The number of thioether (sulfide) groups is 1. The number of amides is 2. The molecule has 1 rings (SSSR count). The molecule has 1 saturated heterocycles. The molecule has 0 spiro atoms. The molecular formula is C13H26ClN3O2S. The van der Waals surface area contributed by atoms with E-state index in [2.05, 4.69) is 17.6 Å². The second-order valence-corrected chi connectivity index (χ2v) is 5.63. The van der Waals surface area contributed by atoms with E-state index in [0.29, 0.717) is 24.6 Å². The Morgan fingerprint density at radius 2 is 2.05 bits per heavy atom. The number of carbonyl (C=O) groups excluding carboxylic acids is 2. The summed E-state index contributed by atoms with van der Waals surface area (Å²) < 4.78 is 0. The number of halogens is 1. The number of rotatable bonds is 8. The summed E-state index contributed by atoms with van der Waals surface area (Å²) in [6.45, 7) is 6.38. The summed E-state index contributed by atoms with van der Waals surface area (Å²) in [6, 6.07) is -0.281. The highest BCUT2D eigenvalue weighted by Gasteiger charge is 2.33. The van der Waals surface area contributed by atoms with Gasteiger partial charge in [0.05, 0.1) is 5.88 Å². The minimum Gasteiger partial charge on any atom is -0.353 e. The molecule has 1 heterocycles. The van der Waals surface area contributed by atoms with E-state index in [1.807, 2.05) is 6.92 Å². The van der Waals surface area contributed by atoms with Crippen molar-refractivity contribution in [1.29, 1.82) is 0 Å². The van der Waals surface area contributed by atoms with Crippen LogP contribution in [0.2, 0.25) is 0 Å². The van der Waals surface area contributed by atoms with Crippen molar-refractivity contribution in [3.63, 3.8) is 0 Å². The van der Waals surface area contributed by atoms with Gasteiger partial charge >= 0.3 is 0 Å². The normalized spacial score (nSPS) is 17.7. The molecule has 118 valence electrons. The molecule has 0 radical (unpaired) electrons. The average Bonchev–Trinajstić information content (AvgIpc) is 2.90. The van der Waals surface area contributed by atoms with E-state index < -0.39 is 0 Å². The quantitative estimate of drug-likeness (QED) is 0.660. The van der Waals surface area contributed by atoms with Crippen LogP contribution in [0.5, 0.6) is 0 Å². The van der Waals surface area contributed by atoms with Crippen LogP contribution >= 0.6 is 24.2 Å². The van der Waals surface area contributed by atoms with Crippen LogP contribution in [0.25, 0.3) is 0 Å². The van der Waals surface area contributed by atoms with Crippen LogP contribution in [0.4, 0.5) is 0 Å². The molecule has 1 aliphatic heterocycles. The van der Waals surface area contributed by atoms with Crippen molar-refractivity contribution in [2.45, 2.75) is 39.2 Å². The summed E-state index contributed by atoms with van der Waals surface area (Å²) in [5.74, 6) is 1.45. The van der Waals surface area contributed by atoms with E-state index in [1.54, 1.807) is 16.7 Å². The SMILES string of the molecule is CCCCC(=O)N1CSCC1C(=O)NCCNCC.Cl. The van der Waals surface area contributed by atoms with Gasteiger partial charge < -0.3 is 15.5 Å². The van der Waals surface area contributed by atoms with Crippen LogP contribution < -0.4 is 10.6 Å². The van der Waals surface area contributed by atoms with Gasteiger partial charge in [0.2, 0.25) is 11.8 Å². The van der Waals surface area contributed by atoms with Gasteiger partial charge in [-0.25, -0.2) is 0 Å². The van der Waals surface area contributed by atoms with Gasteiger partial charge in [-0.05, 0) is 13.0 Å². The lowest BCUT2D eigenvalue weighted by Crippen LogP contribution is -2.48. The van der Waals surface area contributed by atoms with Crippen LogP contribution in [0.3, 0.4) is 0 Å². The van der Waals surface area contributed by atoms with Crippen molar-refractivity contribution in [3.8, 4) is 0 Å². The van der Waals surface area contributed by atoms with Crippen molar-refractivity contribution >= 4 is 36.0 Å². The Hall–Kier alpha value is -0.460. The molecule has 0 aromatic carbocycles. The monoisotopic (exact) mass is 323 g/mol. The van der Waals surface area contributed by atoms with Gasteiger partial charge in [0.1, 0.15) is 6.04 Å². The van der Waals surface area contributed by atoms with Crippen LogP contribution in [0.1, 0.15) is 33.1 Å². The lowest BCUT2D eigenvalue weighted by molar-refractivity contribution is -0.138. The van der Waals surface area contributed by atoms with E-state index >= 15 is 0 Å². The fraction of sp³-hybridized carbons (Fsp3) is 0.846. The minimum absolute atomic E-state index is 0. The van der Waals surface area contributed by atoms with Gasteiger partial charge in [-0.15, -0.1) is 24.2 Å². The van der Waals surface area contributed by atoms with E-state index in [0.717, 1.165) is 25.9 Å². The summed E-state index contributed by atoms with van der Waals surface area (Å²) >= 11 is 1.65. The molecule has 0 bridgehead atoms. The van der Waals surface area contributed by atoms with Crippen molar-refractivity contribution < 1.29 is 9.59 Å². The van der Waals surface area contributed by atoms with Gasteiger partial charge in [-0.1, -0.05) is 20.3 Å². The Bertz CT molecular complexity index is 305. The van der Waals surface area contributed by atoms with Gasteiger partial charge in [-0.3, -0.25) is 9.59 Å². The highest BCUT2D eigenvalue weighted by atomic mass is 35.5. The van der Waals surface area contributed by atoms with Crippen LogP contribution in [0.15, 0.2) is 0 Å². The van der Waals surface area contributed by atoms with Crippen molar-refractivity contribution in [2.24, 2.45) is 0 Å². The Morgan fingerprint density at radius 3 is 2.70 bits per heavy atom. The Balaban J connectivity index is 0.00000361. The van der Waals surface area contributed by atoms with Gasteiger partial charge in [-0.2, -0.15) is 0 Å². The Morgan fingerprint density at radius 1 is 1.30 bits per heavy atom. The predicted octanol–water partition coefficient (Wildman–Crippen LogP) is 1.23. The first-order valence-electron chi connectivity index (χ1n) is 7.06. The fourth-order valence-corrected chi connectivity index (χ4v) is 3.13. The zero-order valence-electron chi connectivity index (χ0n) is 12.3. The molecule has 0 saturated carbocycles. The predicted molar refractivity (Wildman–Crippen MR) is 86.3 cm³/mol. The molecule has 0 aromatic rings. The standard InChI is InChI=1S/C13H25N3O2S.ClH/c1-3-5-6-12(17)16-10-19-9-11(16)13(18)15-8-7-14-4-2;/h11,14H,3-10H2,1-2H3,(H,15,18);1H. The summed E-state index contributed by atoms with van der Waals surface area (Å²) in [5, 5.41) is 6.05. The third-order valence-electron chi connectivity index (χ3n) is 3.10. The minimum atomic E-state index is -0.281. The summed E-state index contributed by atoms with van der Waals surface area (Å²) in [4.78, 5) is 25.8. The smallest absolute Gasteiger partial charge is 0.243 e. The summed E-state index contributed by atoms with van der Waals surface area (Å²) in [7, 11) is 0. The topological polar surface area (TPSA) is 61.4 Å². The van der Waals surface area contributed by atoms with Crippen LogP contribution in [-0.4, -0.2) is 54.0 Å². The number of hydrogen-bond acceptors (Lipinski definition) is 4. The van der Waals surface area contributed by atoms with E-state index in [4.69, 9.17) is 0 Å². The molecule has 0 aliphatic carbocycles. The van der Waals surface area contributed by atoms with E-state index in [-0.39, 0.29) is 30.3 Å². The maximum atomic E-state index is 12.1. The first-order chi connectivity index (χ1) is 9.20. The zero-order chi connectivity index (χ0) is 14.1. The van der Waals surface area contributed by atoms with Gasteiger partial charge in [0.15, 0.2) is 0 Å². The maximum absolute atomic E-state index is 12.1. The largest absolute Gasteiger partial charge is 0.353 e.